The highest BCUT2D eigenvalue weighted by Gasteiger charge is 2.19. The molecule has 0 amide bonds. The van der Waals surface area contributed by atoms with Crippen LogP contribution in [0.2, 0.25) is 0 Å². The molecule has 8 heteroatoms. The molecule has 0 aliphatic carbocycles. The summed E-state index contributed by atoms with van der Waals surface area (Å²) in [6, 6.07) is 15.6. The number of hydrogen-bond donors (Lipinski definition) is 2. The maximum Gasteiger partial charge on any atom is 0.333 e. The summed E-state index contributed by atoms with van der Waals surface area (Å²) in [4.78, 5) is 11.2. The van der Waals surface area contributed by atoms with Crippen molar-refractivity contribution >= 4 is 16.0 Å². The molecule has 2 aromatic rings. The second kappa shape index (κ2) is 10.2. The lowest BCUT2D eigenvalue weighted by Gasteiger charge is -2.19. The zero-order valence-corrected chi connectivity index (χ0v) is 16.7. The van der Waals surface area contributed by atoms with Crippen molar-refractivity contribution in [1.29, 1.82) is 0 Å². The Morgan fingerprint density at radius 1 is 1.11 bits per heavy atom. The number of carboxylic acids is 1. The fourth-order valence-corrected chi connectivity index (χ4v) is 3.40. The van der Waals surface area contributed by atoms with Crippen LogP contribution in [0.3, 0.4) is 0 Å². The number of ether oxygens (including phenoxy) is 2. The molecule has 0 aliphatic rings. The summed E-state index contributed by atoms with van der Waals surface area (Å²) >= 11 is 0. The molecule has 2 rings (SSSR count). The van der Waals surface area contributed by atoms with Crippen LogP contribution in [-0.2, 0) is 26.0 Å². The second-order valence-corrected chi connectivity index (χ2v) is 8.07. The van der Waals surface area contributed by atoms with Crippen molar-refractivity contribution in [2.75, 3.05) is 19.5 Å². The van der Waals surface area contributed by atoms with Gasteiger partial charge in [0.1, 0.15) is 12.4 Å². The zero-order valence-electron chi connectivity index (χ0n) is 15.9. The minimum absolute atomic E-state index is 0.118. The van der Waals surface area contributed by atoms with Crippen LogP contribution in [0.4, 0.5) is 0 Å². The van der Waals surface area contributed by atoms with Crippen molar-refractivity contribution in [3.8, 4) is 5.75 Å². The van der Waals surface area contributed by atoms with E-state index >= 15 is 0 Å². The van der Waals surface area contributed by atoms with E-state index in [0.717, 1.165) is 17.4 Å². The molecule has 0 saturated heterocycles. The molecule has 7 nitrogen and oxygen atoms in total. The van der Waals surface area contributed by atoms with Crippen LogP contribution in [0.15, 0.2) is 54.6 Å². The van der Waals surface area contributed by atoms with Crippen molar-refractivity contribution < 1.29 is 27.8 Å². The molecule has 2 N–H and O–H groups in total. The largest absolute Gasteiger partial charge is 0.492 e. The van der Waals surface area contributed by atoms with Gasteiger partial charge in [0, 0.05) is 13.0 Å². The third-order valence-electron chi connectivity index (χ3n) is 3.96. The highest BCUT2D eigenvalue weighted by Crippen LogP contribution is 2.19. The lowest BCUT2D eigenvalue weighted by atomic mass is 10.1. The van der Waals surface area contributed by atoms with Crippen molar-refractivity contribution in [2.45, 2.75) is 25.5 Å². The van der Waals surface area contributed by atoms with Gasteiger partial charge >= 0.3 is 5.97 Å². The molecule has 0 heterocycles. The number of hydrogen-bond acceptors (Lipinski definition) is 5. The highest BCUT2D eigenvalue weighted by molar-refractivity contribution is 7.88. The molecule has 2 aromatic carbocycles. The number of nitrogens with one attached hydrogen (secondary N) is 1. The molecule has 0 saturated carbocycles. The van der Waals surface area contributed by atoms with Crippen molar-refractivity contribution in [3.05, 3.63) is 65.7 Å². The minimum Gasteiger partial charge on any atom is -0.492 e. The Morgan fingerprint density at radius 2 is 1.75 bits per heavy atom. The molecular weight excluding hydrogens is 382 g/mol. The summed E-state index contributed by atoms with van der Waals surface area (Å²) in [7, 11) is -3.41. The third-order valence-corrected chi connectivity index (χ3v) is 4.68. The van der Waals surface area contributed by atoms with Crippen molar-refractivity contribution in [2.24, 2.45) is 0 Å². The maximum absolute atomic E-state index is 11.7. The number of aliphatic carboxylic acids is 1. The van der Waals surface area contributed by atoms with E-state index in [-0.39, 0.29) is 13.0 Å². The minimum atomic E-state index is -3.41. The Kier molecular flexibility index (Phi) is 7.98. The van der Waals surface area contributed by atoms with E-state index in [2.05, 4.69) is 4.72 Å². The van der Waals surface area contributed by atoms with Gasteiger partial charge < -0.3 is 14.6 Å². The summed E-state index contributed by atoms with van der Waals surface area (Å²) in [5.41, 5.74) is 1.60. The van der Waals surface area contributed by atoms with E-state index in [1.807, 2.05) is 30.3 Å². The van der Waals surface area contributed by atoms with Crippen LogP contribution < -0.4 is 9.46 Å². The maximum atomic E-state index is 11.7. The van der Waals surface area contributed by atoms with Gasteiger partial charge in [-0.2, -0.15) is 0 Å². The van der Waals surface area contributed by atoms with Gasteiger partial charge in [-0.3, -0.25) is 0 Å². The zero-order chi connectivity index (χ0) is 20.6. The molecule has 2 atom stereocenters. The summed E-state index contributed by atoms with van der Waals surface area (Å²) < 4.78 is 36.8. The Bertz CT molecular complexity index is 852. The summed E-state index contributed by atoms with van der Waals surface area (Å²) in [6.07, 6.45) is 0.471. The molecule has 0 bridgehead atoms. The Morgan fingerprint density at radius 3 is 2.29 bits per heavy atom. The predicted molar refractivity (Wildman–Crippen MR) is 106 cm³/mol. The van der Waals surface area contributed by atoms with Gasteiger partial charge in [0.25, 0.3) is 0 Å². The lowest BCUT2D eigenvalue weighted by Crippen LogP contribution is -2.31. The van der Waals surface area contributed by atoms with Gasteiger partial charge in [-0.05, 0) is 30.2 Å². The normalized spacial score (nSPS) is 13.6. The first-order valence-electron chi connectivity index (χ1n) is 8.87. The first-order chi connectivity index (χ1) is 13.3. The van der Waals surface area contributed by atoms with Crippen LogP contribution in [0.5, 0.6) is 5.75 Å². The van der Waals surface area contributed by atoms with Gasteiger partial charge in [-0.25, -0.2) is 17.9 Å². The van der Waals surface area contributed by atoms with Gasteiger partial charge in [-0.1, -0.05) is 42.5 Å². The average Bonchev–Trinajstić information content (AvgIpc) is 2.65. The first kappa shape index (κ1) is 21.9. The molecule has 0 fully saturated rings. The summed E-state index contributed by atoms with van der Waals surface area (Å²) in [6.45, 7) is 2.19. The fraction of sp³-hybridized carbons (Fsp3) is 0.350. The third kappa shape index (κ3) is 7.30. The van der Waals surface area contributed by atoms with Crippen LogP contribution in [0, 0.1) is 0 Å². The highest BCUT2D eigenvalue weighted by atomic mass is 32.2. The Balaban J connectivity index is 2.02. The molecule has 0 aromatic heterocycles. The monoisotopic (exact) mass is 407 g/mol. The van der Waals surface area contributed by atoms with Gasteiger partial charge in [0.15, 0.2) is 6.10 Å². The van der Waals surface area contributed by atoms with E-state index in [9.17, 15) is 13.2 Å². The second-order valence-electron chi connectivity index (χ2n) is 6.29. The van der Waals surface area contributed by atoms with E-state index < -0.39 is 28.1 Å². The van der Waals surface area contributed by atoms with E-state index in [1.54, 1.807) is 31.2 Å². The lowest BCUT2D eigenvalue weighted by molar-refractivity contribution is -0.149. The molecule has 28 heavy (non-hydrogen) atoms. The number of carboxylic acid groups (broad SMARTS) is 1. The van der Waals surface area contributed by atoms with Gasteiger partial charge in [0.05, 0.1) is 12.3 Å². The van der Waals surface area contributed by atoms with E-state index in [0.29, 0.717) is 12.4 Å². The Labute approximate surface area is 165 Å². The number of sulfonamides is 1. The predicted octanol–water partition coefficient (Wildman–Crippen LogP) is 2.39. The molecule has 0 unspecified atom stereocenters. The fourth-order valence-electron chi connectivity index (χ4n) is 2.68. The summed E-state index contributed by atoms with van der Waals surface area (Å²) in [5, 5.41) is 9.16. The number of benzene rings is 2. The van der Waals surface area contributed by atoms with Gasteiger partial charge in [0.2, 0.25) is 10.0 Å². The van der Waals surface area contributed by atoms with Crippen molar-refractivity contribution in [1.82, 2.24) is 4.72 Å². The van der Waals surface area contributed by atoms with Crippen LogP contribution >= 0.6 is 0 Å². The quantitative estimate of drug-likeness (QED) is 0.593. The standard InChI is InChI=1S/C20H25NO6S/c1-3-26-19(20(22)23)13-15-9-11-17(12-10-15)27-14-18(21-28(2,24)25)16-7-5-4-6-8-16/h4-12,18-19,21H,3,13-14H2,1-2H3,(H,22,23)/t18-,19-/m0/s1. The molecule has 0 radical (unpaired) electrons. The van der Waals surface area contributed by atoms with Crippen LogP contribution in [-0.4, -0.2) is 45.1 Å². The first-order valence-corrected chi connectivity index (χ1v) is 10.8. The van der Waals surface area contributed by atoms with Crippen molar-refractivity contribution in [3.63, 3.8) is 0 Å². The average molecular weight is 407 g/mol. The SMILES string of the molecule is CCO[C@@H](Cc1ccc(OC[C@H](NS(C)(=O)=O)c2ccccc2)cc1)C(=O)O. The van der Waals surface area contributed by atoms with E-state index in [1.165, 1.54) is 0 Å². The van der Waals surface area contributed by atoms with Gasteiger partial charge in [-0.15, -0.1) is 0 Å². The van der Waals surface area contributed by atoms with Crippen LogP contribution in [0.25, 0.3) is 0 Å². The Hall–Kier alpha value is -2.42. The molecule has 0 aliphatic heterocycles. The number of carbonyl (C=O) groups is 1. The van der Waals surface area contributed by atoms with Crippen LogP contribution in [0.1, 0.15) is 24.1 Å². The smallest absolute Gasteiger partial charge is 0.333 e. The molecule has 152 valence electrons. The summed E-state index contributed by atoms with van der Waals surface area (Å²) in [5.74, 6) is -0.442. The topological polar surface area (TPSA) is 102 Å². The number of rotatable bonds is 11. The van der Waals surface area contributed by atoms with E-state index in [4.69, 9.17) is 14.6 Å². The molecule has 0 spiro atoms. The molecular formula is C20H25NO6S.